The van der Waals surface area contributed by atoms with Gasteiger partial charge in [0.1, 0.15) is 0 Å². The number of ether oxygens (including phenoxy) is 1. The van der Waals surface area contributed by atoms with Gasteiger partial charge in [0, 0.05) is 15.6 Å². The van der Waals surface area contributed by atoms with Gasteiger partial charge in [-0.15, -0.1) is 0 Å². The van der Waals surface area contributed by atoms with Crippen LogP contribution < -0.4 is 5.32 Å². The molecule has 26 heavy (non-hydrogen) atoms. The number of halogens is 4. The van der Waals surface area contributed by atoms with Gasteiger partial charge in [0.05, 0.1) is 11.4 Å². The number of anilines is 1. The van der Waals surface area contributed by atoms with Gasteiger partial charge in [-0.2, -0.15) is 13.2 Å². The van der Waals surface area contributed by atoms with E-state index in [1.165, 1.54) is 0 Å². The van der Waals surface area contributed by atoms with Crippen LogP contribution in [0.5, 0.6) is 0 Å². The average Bonchev–Trinajstić information content (AvgIpc) is 2.72. The highest BCUT2D eigenvalue weighted by atomic mass is 79.9. The zero-order valence-electron chi connectivity index (χ0n) is 12.9. The number of benzodiazepines with no additional fused rings is 1. The van der Waals surface area contributed by atoms with Crippen molar-refractivity contribution in [1.29, 1.82) is 0 Å². The second kappa shape index (κ2) is 6.91. The van der Waals surface area contributed by atoms with Gasteiger partial charge in [-0.3, -0.25) is 4.79 Å². The molecule has 0 radical (unpaired) electrons. The summed E-state index contributed by atoms with van der Waals surface area (Å²) in [6.07, 6.45) is -7.20. The molecule has 0 aromatic heterocycles. The molecule has 9 heteroatoms. The monoisotopic (exact) mass is 426 g/mol. The largest absolute Gasteiger partial charge is 0.491 e. The second-order valence-corrected chi connectivity index (χ2v) is 6.19. The molecule has 1 heterocycles. The number of nitrogens with zero attached hydrogens (tertiary/aromatic N) is 1. The summed E-state index contributed by atoms with van der Waals surface area (Å²) in [5.41, 5.74) is 1.59. The molecule has 1 amide bonds. The number of aliphatic imine (C=N–C) groups is 1. The quantitative estimate of drug-likeness (QED) is 0.744. The molecule has 2 aromatic carbocycles. The highest BCUT2D eigenvalue weighted by Crippen LogP contribution is 2.28. The van der Waals surface area contributed by atoms with Crippen molar-refractivity contribution in [3.05, 3.63) is 64.1 Å². The van der Waals surface area contributed by atoms with Gasteiger partial charge >= 0.3 is 12.1 Å². The van der Waals surface area contributed by atoms with Gasteiger partial charge < -0.3 is 10.1 Å². The minimum Gasteiger partial charge on any atom is -0.423 e. The normalized spacial score (nSPS) is 16.8. The zero-order valence-corrected chi connectivity index (χ0v) is 14.5. The molecule has 1 unspecified atom stereocenters. The SMILES string of the molecule is O=C1Nc2ccc(Br)cc2C(c2ccccc2)=NC1OC(=O)C(F)(F)F. The fourth-order valence-electron chi connectivity index (χ4n) is 2.34. The Kier molecular flexibility index (Phi) is 4.82. The highest BCUT2D eigenvalue weighted by molar-refractivity contribution is 9.10. The minimum absolute atomic E-state index is 0.222. The summed E-state index contributed by atoms with van der Waals surface area (Å²) < 4.78 is 42.5. The molecule has 0 saturated heterocycles. The number of nitrogens with one attached hydrogen (secondary N) is 1. The number of esters is 1. The first-order valence-corrected chi connectivity index (χ1v) is 8.07. The Morgan fingerprint density at radius 1 is 1.15 bits per heavy atom. The summed E-state index contributed by atoms with van der Waals surface area (Å²) in [6, 6.07) is 13.4. The average molecular weight is 427 g/mol. The summed E-state index contributed by atoms with van der Waals surface area (Å²) >= 11 is 3.31. The van der Waals surface area contributed by atoms with Crippen molar-refractivity contribution in [2.45, 2.75) is 12.4 Å². The number of rotatable bonds is 2. The summed E-state index contributed by atoms with van der Waals surface area (Å²) in [4.78, 5) is 27.4. The van der Waals surface area contributed by atoms with Crippen LogP contribution in [0.4, 0.5) is 18.9 Å². The second-order valence-electron chi connectivity index (χ2n) is 5.28. The van der Waals surface area contributed by atoms with Crippen LogP contribution in [-0.2, 0) is 14.3 Å². The van der Waals surface area contributed by atoms with Crippen LogP contribution in [0.15, 0.2) is 58.0 Å². The van der Waals surface area contributed by atoms with Crippen molar-refractivity contribution in [2.24, 2.45) is 4.99 Å². The number of hydrogen-bond acceptors (Lipinski definition) is 4. The van der Waals surface area contributed by atoms with E-state index in [1.807, 2.05) is 0 Å². The van der Waals surface area contributed by atoms with Gasteiger partial charge in [0.25, 0.3) is 12.1 Å². The number of carbonyl (C=O) groups excluding carboxylic acids is 2. The molecule has 0 bridgehead atoms. The molecule has 1 aliphatic heterocycles. The molecule has 0 aliphatic carbocycles. The van der Waals surface area contributed by atoms with E-state index < -0.39 is 24.3 Å². The summed E-state index contributed by atoms with van der Waals surface area (Å²) in [7, 11) is 0. The summed E-state index contributed by atoms with van der Waals surface area (Å²) in [6.45, 7) is 0. The predicted octanol–water partition coefficient (Wildman–Crippen LogP) is 3.67. The first-order chi connectivity index (χ1) is 12.3. The lowest BCUT2D eigenvalue weighted by molar-refractivity contribution is -0.204. The Morgan fingerprint density at radius 3 is 2.50 bits per heavy atom. The number of amides is 1. The number of hydrogen-bond donors (Lipinski definition) is 1. The number of benzene rings is 2. The molecule has 3 rings (SSSR count). The lowest BCUT2D eigenvalue weighted by Crippen LogP contribution is -2.35. The fourth-order valence-corrected chi connectivity index (χ4v) is 2.70. The van der Waals surface area contributed by atoms with Crippen molar-refractivity contribution in [2.75, 3.05) is 5.32 Å². The smallest absolute Gasteiger partial charge is 0.423 e. The van der Waals surface area contributed by atoms with Crippen LogP contribution in [0.25, 0.3) is 0 Å². The molecule has 1 atom stereocenters. The molecule has 0 spiro atoms. The van der Waals surface area contributed by atoms with Crippen molar-refractivity contribution in [1.82, 2.24) is 0 Å². The van der Waals surface area contributed by atoms with Crippen LogP contribution in [0.2, 0.25) is 0 Å². The summed E-state index contributed by atoms with van der Waals surface area (Å²) in [5, 5.41) is 2.44. The molecule has 2 aromatic rings. The molecule has 1 N–H and O–H groups in total. The first kappa shape index (κ1) is 18.1. The standard InChI is InChI=1S/C17H10BrF3N2O3/c18-10-6-7-12-11(8-10)13(9-4-2-1-3-5-9)23-15(14(24)22-12)26-16(25)17(19,20)21/h1-8,15H,(H,22,24). The lowest BCUT2D eigenvalue weighted by atomic mass is 10.0. The molecular weight excluding hydrogens is 417 g/mol. The fraction of sp³-hybridized carbons (Fsp3) is 0.118. The molecule has 0 fully saturated rings. The Labute approximate surface area is 154 Å². The third-order valence-electron chi connectivity index (χ3n) is 3.46. The molecule has 134 valence electrons. The predicted molar refractivity (Wildman–Crippen MR) is 90.8 cm³/mol. The van der Waals surface area contributed by atoms with Gasteiger partial charge in [-0.05, 0) is 18.2 Å². The van der Waals surface area contributed by atoms with E-state index in [0.29, 0.717) is 21.3 Å². The van der Waals surface area contributed by atoms with Gasteiger partial charge in [0.2, 0.25) is 0 Å². The van der Waals surface area contributed by atoms with Crippen LogP contribution in [0.1, 0.15) is 11.1 Å². The van der Waals surface area contributed by atoms with Crippen LogP contribution in [-0.4, -0.2) is 30.0 Å². The number of fused-ring (bicyclic) bond motifs is 1. The Morgan fingerprint density at radius 2 is 1.85 bits per heavy atom. The Hall–Kier alpha value is -2.68. The number of alkyl halides is 3. The van der Waals surface area contributed by atoms with Crippen molar-refractivity contribution in [3.63, 3.8) is 0 Å². The van der Waals surface area contributed by atoms with Crippen molar-refractivity contribution in [3.8, 4) is 0 Å². The van der Waals surface area contributed by atoms with E-state index in [4.69, 9.17) is 0 Å². The van der Waals surface area contributed by atoms with E-state index in [9.17, 15) is 22.8 Å². The lowest BCUT2D eigenvalue weighted by Gasteiger charge is -2.13. The van der Waals surface area contributed by atoms with Gasteiger partial charge in [0.15, 0.2) is 0 Å². The van der Waals surface area contributed by atoms with E-state index in [2.05, 4.69) is 31.0 Å². The van der Waals surface area contributed by atoms with Crippen molar-refractivity contribution < 1.29 is 27.5 Å². The zero-order chi connectivity index (χ0) is 18.9. The third kappa shape index (κ3) is 3.77. The highest BCUT2D eigenvalue weighted by Gasteiger charge is 2.44. The Bertz CT molecular complexity index is 898. The van der Waals surface area contributed by atoms with E-state index >= 15 is 0 Å². The summed E-state index contributed by atoms with van der Waals surface area (Å²) in [5.74, 6) is -3.46. The van der Waals surface area contributed by atoms with E-state index in [1.54, 1.807) is 48.5 Å². The molecule has 5 nitrogen and oxygen atoms in total. The maximum absolute atomic E-state index is 12.5. The van der Waals surface area contributed by atoms with Crippen LogP contribution >= 0.6 is 15.9 Å². The maximum Gasteiger partial charge on any atom is 0.491 e. The minimum atomic E-state index is -5.23. The Balaban J connectivity index is 2.11. The third-order valence-corrected chi connectivity index (χ3v) is 3.96. The van der Waals surface area contributed by atoms with E-state index in [-0.39, 0.29) is 5.71 Å². The topological polar surface area (TPSA) is 67.8 Å². The first-order valence-electron chi connectivity index (χ1n) is 7.27. The van der Waals surface area contributed by atoms with E-state index in [0.717, 1.165) is 0 Å². The number of carbonyl (C=O) groups is 2. The molecule has 1 aliphatic rings. The van der Waals surface area contributed by atoms with Crippen LogP contribution in [0.3, 0.4) is 0 Å². The van der Waals surface area contributed by atoms with Crippen molar-refractivity contribution >= 4 is 39.2 Å². The van der Waals surface area contributed by atoms with Gasteiger partial charge in [-0.1, -0.05) is 46.3 Å². The molecular formula is C17H10BrF3N2O3. The molecule has 0 saturated carbocycles. The van der Waals surface area contributed by atoms with Crippen LogP contribution in [0, 0.1) is 0 Å². The maximum atomic E-state index is 12.5. The van der Waals surface area contributed by atoms with Gasteiger partial charge in [-0.25, -0.2) is 9.79 Å².